The third-order valence-corrected chi connectivity index (χ3v) is 5.77. The van der Waals surface area contributed by atoms with Gasteiger partial charge in [-0.15, -0.1) is 0 Å². The van der Waals surface area contributed by atoms with Crippen molar-refractivity contribution in [1.29, 1.82) is 0 Å². The number of amides is 2. The smallest absolute Gasteiger partial charge is 0.315 e. The third kappa shape index (κ3) is 2.80. The summed E-state index contributed by atoms with van der Waals surface area (Å²) < 4.78 is 0. The van der Waals surface area contributed by atoms with Gasteiger partial charge in [-0.05, 0) is 62.2 Å². The molecule has 20 heavy (non-hydrogen) atoms. The molecule has 0 radical (unpaired) electrons. The Hall–Kier alpha value is -0.770. The summed E-state index contributed by atoms with van der Waals surface area (Å²) in [6.45, 7) is 4.74. The summed E-state index contributed by atoms with van der Waals surface area (Å²) >= 11 is 0. The summed E-state index contributed by atoms with van der Waals surface area (Å²) in [6.07, 6.45) is 7.80. The fourth-order valence-electron chi connectivity index (χ4n) is 5.00. The second kappa shape index (κ2) is 5.21. The van der Waals surface area contributed by atoms with E-state index in [0.717, 1.165) is 17.8 Å². The summed E-state index contributed by atoms with van der Waals surface area (Å²) in [5.74, 6) is 2.98. The molecule has 4 aliphatic carbocycles. The van der Waals surface area contributed by atoms with Gasteiger partial charge in [0, 0.05) is 18.1 Å². The van der Waals surface area contributed by atoms with Crippen molar-refractivity contribution in [1.82, 2.24) is 10.6 Å². The standard InChI is InChI=1S/C16H29N3O/c1-10(2)14(17)9-18-15(20)19-16-6-11-3-12(7-16)5-13(4-11)8-16/h10-14H,3-9,17H2,1-2H3,(H2,18,19,20). The largest absolute Gasteiger partial charge is 0.337 e. The molecule has 0 heterocycles. The molecule has 4 rings (SSSR count). The lowest BCUT2D eigenvalue weighted by Gasteiger charge is -2.56. The van der Waals surface area contributed by atoms with E-state index in [0.29, 0.717) is 12.5 Å². The van der Waals surface area contributed by atoms with Gasteiger partial charge in [0.05, 0.1) is 0 Å². The number of rotatable bonds is 4. The molecule has 0 saturated heterocycles. The summed E-state index contributed by atoms with van der Waals surface area (Å²) in [5.41, 5.74) is 6.08. The molecule has 4 fully saturated rings. The first-order chi connectivity index (χ1) is 9.46. The fourth-order valence-corrected chi connectivity index (χ4v) is 5.00. The molecule has 0 spiro atoms. The molecule has 4 aliphatic rings. The Bertz CT molecular complexity index is 345. The van der Waals surface area contributed by atoms with Crippen LogP contribution in [0.2, 0.25) is 0 Å². The molecule has 0 aromatic carbocycles. The lowest BCUT2D eigenvalue weighted by molar-refractivity contribution is -0.0135. The fraction of sp³-hybridized carbons (Fsp3) is 0.938. The van der Waals surface area contributed by atoms with Crippen molar-refractivity contribution in [3.8, 4) is 0 Å². The third-order valence-electron chi connectivity index (χ3n) is 5.77. The van der Waals surface area contributed by atoms with Crippen LogP contribution >= 0.6 is 0 Å². The van der Waals surface area contributed by atoms with Gasteiger partial charge < -0.3 is 16.4 Å². The number of nitrogens with two attached hydrogens (primary N) is 1. The predicted octanol–water partition coefficient (Wildman–Crippen LogP) is 2.24. The molecule has 0 aliphatic heterocycles. The van der Waals surface area contributed by atoms with Gasteiger partial charge in [0.1, 0.15) is 0 Å². The molecule has 2 amide bonds. The second-order valence-corrected chi connectivity index (χ2v) is 7.94. The van der Waals surface area contributed by atoms with Crippen LogP contribution in [-0.4, -0.2) is 24.2 Å². The van der Waals surface area contributed by atoms with E-state index in [-0.39, 0.29) is 17.6 Å². The Morgan fingerprint density at radius 2 is 1.65 bits per heavy atom. The molecule has 1 unspecified atom stereocenters. The Labute approximate surface area is 122 Å². The van der Waals surface area contributed by atoms with Crippen LogP contribution in [0.4, 0.5) is 4.79 Å². The molecular formula is C16H29N3O. The molecule has 4 heteroatoms. The van der Waals surface area contributed by atoms with E-state index < -0.39 is 0 Å². The first-order valence-corrected chi connectivity index (χ1v) is 8.27. The van der Waals surface area contributed by atoms with Crippen LogP contribution in [0.15, 0.2) is 0 Å². The zero-order chi connectivity index (χ0) is 14.3. The van der Waals surface area contributed by atoms with Crippen LogP contribution in [0.1, 0.15) is 52.4 Å². The summed E-state index contributed by atoms with van der Waals surface area (Å²) in [7, 11) is 0. The van der Waals surface area contributed by atoms with Gasteiger partial charge in [-0.1, -0.05) is 13.8 Å². The lowest BCUT2D eigenvalue weighted by atomic mass is 9.53. The zero-order valence-corrected chi connectivity index (χ0v) is 12.8. The van der Waals surface area contributed by atoms with Crippen molar-refractivity contribution in [2.45, 2.75) is 64.0 Å². The van der Waals surface area contributed by atoms with Crippen molar-refractivity contribution < 1.29 is 4.79 Å². The van der Waals surface area contributed by atoms with E-state index in [2.05, 4.69) is 24.5 Å². The minimum absolute atomic E-state index is 0.0111. The van der Waals surface area contributed by atoms with Crippen LogP contribution in [0.3, 0.4) is 0 Å². The minimum Gasteiger partial charge on any atom is -0.337 e. The number of hydrogen-bond donors (Lipinski definition) is 3. The molecule has 1 atom stereocenters. The summed E-state index contributed by atoms with van der Waals surface area (Å²) in [4.78, 5) is 12.2. The highest BCUT2D eigenvalue weighted by molar-refractivity contribution is 5.75. The quantitative estimate of drug-likeness (QED) is 0.739. The van der Waals surface area contributed by atoms with Gasteiger partial charge in [0.25, 0.3) is 0 Å². The van der Waals surface area contributed by atoms with Crippen LogP contribution in [0.5, 0.6) is 0 Å². The van der Waals surface area contributed by atoms with Gasteiger partial charge in [0.15, 0.2) is 0 Å². The predicted molar refractivity (Wildman–Crippen MR) is 80.3 cm³/mol. The van der Waals surface area contributed by atoms with E-state index in [4.69, 9.17) is 5.73 Å². The lowest BCUT2D eigenvalue weighted by Crippen LogP contribution is -2.62. The maximum atomic E-state index is 12.2. The minimum atomic E-state index is -0.0111. The topological polar surface area (TPSA) is 67.1 Å². The first kappa shape index (κ1) is 14.2. The van der Waals surface area contributed by atoms with Crippen molar-refractivity contribution in [2.24, 2.45) is 29.4 Å². The molecule has 0 aromatic rings. The van der Waals surface area contributed by atoms with Gasteiger partial charge in [-0.3, -0.25) is 0 Å². The average molecular weight is 279 g/mol. The molecule has 114 valence electrons. The zero-order valence-electron chi connectivity index (χ0n) is 12.8. The highest BCUT2D eigenvalue weighted by Gasteiger charge is 2.51. The van der Waals surface area contributed by atoms with Crippen LogP contribution in [-0.2, 0) is 0 Å². The number of carbonyl (C=O) groups is 1. The monoisotopic (exact) mass is 279 g/mol. The van der Waals surface area contributed by atoms with Gasteiger partial charge >= 0.3 is 6.03 Å². The Morgan fingerprint density at radius 1 is 1.15 bits per heavy atom. The summed E-state index contributed by atoms with van der Waals surface area (Å²) in [6, 6.07) is 0.0279. The molecule has 4 nitrogen and oxygen atoms in total. The van der Waals surface area contributed by atoms with Crippen LogP contribution in [0, 0.1) is 23.7 Å². The van der Waals surface area contributed by atoms with Crippen molar-refractivity contribution in [2.75, 3.05) is 6.54 Å². The van der Waals surface area contributed by atoms with Gasteiger partial charge in [-0.25, -0.2) is 4.79 Å². The first-order valence-electron chi connectivity index (χ1n) is 8.27. The van der Waals surface area contributed by atoms with E-state index in [1.54, 1.807) is 0 Å². The molecule has 0 aromatic heterocycles. The number of nitrogens with one attached hydrogen (secondary N) is 2. The van der Waals surface area contributed by atoms with Crippen LogP contribution < -0.4 is 16.4 Å². The maximum Gasteiger partial charge on any atom is 0.315 e. The molecular weight excluding hydrogens is 250 g/mol. The molecule has 4 saturated carbocycles. The van der Waals surface area contributed by atoms with E-state index in [1.807, 2.05) is 0 Å². The van der Waals surface area contributed by atoms with Crippen molar-refractivity contribution in [3.05, 3.63) is 0 Å². The van der Waals surface area contributed by atoms with Gasteiger partial charge in [-0.2, -0.15) is 0 Å². The SMILES string of the molecule is CC(C)C(N)CNC(=O)NC12CC3CC(CC(C3)C1)C2. The number of carbonyl (C=O) groups excluding carboxylic acids is 1. The Kier molecular flexibility index (Phi) is 3.69. The number of hydrogen-bond acceptors (Lipinski definition) is 2. The molecule has 4 bridgehead atoms. The van der Waals surface area contributed by atoms with E-state index in [1.165, 1.54) is 38.5 Å². The normalized spacial score (nSPS) is 39.9. The van der Waals surface area contributed by atoms with Crippen molar-refractivity contribution in [3.63, 3.8) is 0 Å². The highest BCUT2D eigenvalue weighted by Crippen LogP contribution is 2.55. The Balaban J connectivity index is 1.54. The Morgan fingerprint density at radius 3 is 2.10 bits per heavy atom. The maximum absolute atomic E-state index is 12.2. The van der Waals surface area contributed by atoms with Crippen molar-refractivity contribution >= 4 is 6.03 Å². The van der Waals surface area contributed by atoms with E-state index >= 15 is 0 Å². The average Bonchev–Trinajstić information content (AvgIpc) is 2.33. The summed E-state index contributed by atoms with van der Waals surface area (Å²) in [5, 5.41) is 6.28. The number of urea groups is 1. The van der Waals surface area contributed by atoms with Gasteiger partial charge in [0.2, 0.25) is 0 Å². The highest BCUT2D eigenvalue weighted by atomic mass is 16.2. The van der Waals surface area contributed by atoms with E-state index in [9.17, 15) is 4.79 Å². The van der Waals surface area contributed by atoms with Crippen LogP contribution in [0.25, 0.3) is 0 Å². The second-order valence-electron chi connectivity index (χ2n) is 7.94. The molecule has 4 N–H and O–H groups in total.